The van der Waals surface area contributed by atoms with Crippen molar-refractivity contribution < 1.29 is 0 Å². The molecular formula is C22H38. The molecule has 0 aliphatic heterocycles. The highest BCUT2D eigenvalue weighted by Crippen LogP contribution is 2.43. The zero-order valence-corrected chi connectivity index (χ0v) is 15.7. The highest BCUT2D eigenvalue weighted by atomic mass is 14.4. The van der Waals surface area contributed by atoms with Gasteiger partial charge in [-0.2, -0.15) is 0 Å². The molecule has 126 valence electrons. The second kappa shape index (κ2) is 10.1. The van der Waals surface area contributed by atoms with Gasteiger partial charge in [0.1, 0.15) is 0 Å². The van der Waals surface area contributed by atoms with Crippen LogP contribution in [0.4, 0.5) is 0 Å². The standard InChI is InChI=1S/C22H38/c1-6-7-8-9-10-11-15-18-22(19(2)3,20(4)5)21-16-13-12-14-17-21/h12-14,16-17,19-20H,6-11,15,18H2,1-5H3. The van der Waals surface area contributed by atoms with E-state index in [9.17, 15) is 0 Å². The van der Waals surface area contributed by atoms with Crippen molar-refractivity contribution in [3.8, 4) is 0 Å². The number of hydrogen-bond acceptors (Lipinski definition) is 0. The number of hydrogen-bond donors (Lipinski definition) is 0. The van der Waals surface area contributed by atoms with E-state index in [1.54, 1.807) is 5.56 Å². The monoisotopic (exact) mass is 302 g/mol. The molecule has 1 rings (SSSR count). The molecule has 0 aromatic heterocycles. The summed E-state index contributed by atoms with van der Waals surface area (Å²) < 4.78 is 0. The van der Waals surface area contributed by atoms with Crippen molar-refractivity contribution >= 4 is 0 Å². The molecule has 0 aliphatic carbocycles. The van der Waals surface area contributed by atoms with E-state index in [1.165, 1.54) is 51.4 Å². The first-order valence-corrected chi connectivity index (χ1v) is 9.61. The average molecular weight is 303 g/mol. The molecule has 0 atom stereocenters. The molecule has 22 heavy (non-hydrogen) atoms. The lowest BCUT2D eigenvalue weighted by atomic mass is 9.62. The van der Waals surface area contributed by atoms with Gasteiger partial charge in [0.15, 0.2) is 0 Å². The van der Waals surface area contributed by atoms with Gasteiger partial charge in [0, 0.05) is 0 Å². The lowest BCUT2D eigenvalue weighted by Crippen LogP contribution is -2.38. The highest BCUT2D eigenvalue weighted by molar-refractivity contribution is 5.27. The summed E-state index contributed by atoms with van der Waals surface area (Å²) in [7, 11) is 0. The lowest BCUT2D eigenvalue weighted by molar-refractivity contribution is 0.195. The van der Waals surface area contributed by atoms with Gasteiger partial charge in [-0.25, -0.2) is 0 Å². The molecule has 1 aromatic rings. The molecule has 0 unspecified atom stereocenters. The number of unbranched alkanes of at least 4 members (excludes halogenated alkanes) is 6. The van der Waals surface area contributed by atoms with Crippen LogP contribution in [0, 0.1) is 11.8 Å². The van der Waals surface area contributed by atoms with Crippen LogP contribution in [-0.2, 0) is 5.41 Å². The number of rotatable bonds is 11. The van der Waals surface area contributed by atoms with Crippen LogP contribution >= 0.6 is 0 Å². The molecule has 0 heteroatoms. The molecule has 0 N–H and O–H groups in total. The third-order valence-electron chi connectivity index (χ3n) is 5.57. The van der Waals surface area contributed by atoms with Crippen molar-refractivity contribution in [2.24, 2.45) is 11.8 Å². The third kappa shape index (κ3) is 5.14. The van der Waals surface area contributed by atoms with Crippen molar-refractivity contribution in [1.29, 1.82) is 0 Å². The summed E-state index contributed by atoms with van der Waals surface area (Å²) in [5.74, 6) is 1.38. The Kier molecular flexibility index (Phi) is 8.83. The maximum atomic E-state index is 2.41. The van der Waals surface area contributed by atoms with Gasteiger partial charge in [-0.1, -0.05) is 110 Å². The van der Waals surface area contributed by atoms with Crippen molar-refractivity contribution in [1.82, 2.24) is 0 Å². The van der Waals surface area contributed by atoms with Crippen molar-refractivity contribution in [2.45, 2.75) is 91.4 Å². The summed E-state index contributed by atoms with van der Waals surface area (Å²) in [5, 5.41) is 0. The normalized spacial score (nSPS) is 12.3. The van der Waals surface area contributed by atoms with E-state index in [-0.39, 0.29) is 0 Å². The molecule has 0 nitrogen and oxygen atoms in total. The largest absolute Gasteiger partial charge is 0.0654 e. The minimum absolute atomic E-state index is 0.338. The maximum Gasteiger partial charge on any atom is -0.000105 e. The zero-order chi connectivity index (χ0) is 16.4. The second-order valence-corrected chi connectivity index (χ2v) is 7.59. The van der Waals surface area contributed by atoms with E-state index in [4.69, 9.17) is 0 Å². The zero-order valence-electron chi connectivity index (χ0n) is 15.7. The maximum absolute atomic E-state index is 2.41. The minimum Gasteiger partial charge on any atom is -0.0654 e. The van der Waals surface area contributed by atoms with Crippen molar-refractivity contribution in [3.63, 3.8) is 0 Å². The Labute approximate surface area is 139 Å². The van der Waals surface area contributed by atoms with Crippen LogP contribution in [0.3, 0.4) is 0 Å². The molecule has 0 aliphatic rings. The predicted octanol–water partition coefficient (Wildman–Crippen LogP) is 7.38. The summed E-state index contributed by atoms with van der Waals surface area (Å²) in [4.78, 5) is 0. The van der Waals surface area contributed by atoms with Crippen LogP contribution in [0.1, 0.15) is 91.5 Å². The molecule has 0 saturated heterocycles. The quantitative estimate of drug-likeness (QED) is 0.374. The molecule has 0 fully saturated rings. The van der Waals surface area contributed by atoms with Gasteiger partial charge in [-0.15, -0.1) is 0 Å². The van der Waals surface area contributed by atoms with Crippen LogP contribution < -0.4 is 0 Å². The summed E-state index contributed by atoms with van der Waals surface area (Å²) in [6, 6.07) is 11.3. The Morgan fingerprint density at radius 1 is 0.727 bits per heavy atom. The second-order valence-electron chi connectivity index (χ2n) is 7.59. The molecule has 0 saturated carbocycles. The fourth-order valence-electron chi connectivity index (χ4n) is 4.18. The van der Waals surface area contributed by atoms with Gasteiger partial charge in [0.2, 0.25) is 0 Å². The van der Waals surface area contributed by atoms with Gasteiger partial charge in [0.05, 0.1) is 0 Å². The Morgan fingerprint density at radius 3 is 1.73 bits per heavy atom. The fraction of sp³-hybridized carbons (Fsp3) is 0.727. The van der Waals surface area contributed by atoms with Crippen LogP contribution in [0.25, 0.3) is 0 Å². The minimum atomic E-state index is 0.338. The van der Waals surface area contributed by atoms with Crippen LogP contribution in [0.2, 0.25) is 0 Å². The molecule has 0 radical (unpaired) electrons. The first-order chi connectivity index (χ1) is 10.6. The third-order valence-corrected chi connectivity index (χ3v) is 5.57. The van der Waals surface area contributed by atoms with Crippen LogP contribution in [0.15, 0.2) is 30.3 Å². The average Bonchev–Trinajstić information content (AvgIpc) is 2.50. The van der Waals surface area contributed by atoms with Gasteiger partial charge in [0.25, 0.3) is 0 Å². The first-order valence-electron chi connectivity index (χ1n) is 9.61. The van der Waals surface area contributed by atoms with Crippen molar-refractivity contribution in [2.75, 3.05) is 0 Å². The highest BCUT2D eigenvalue weighted by Gasteiger charge is 2.37. The molecule has 0 heterocycles. The Hall–Kier alpha value is -0.780. The molecule has 0 amide bonds. The van der Waals surface area contributed by atoms with Crippen LogP contribution in [0.5, 0.6) is 0 Å². The van der Waals surface area contributed by atoms with Gasteiger partial charge in [-0.3, -0.25) is 0 Å². The summed E-state index contributed by atoms with van der Waals surface area (Å²) in [5.41, 5.74) is 1.89. The van der Waals surface area contributed by atoms with Crippen LogP contribution in [-0.4, -0.2) is 0 Å². The predicted molar refractivity (Wildman–Crippen MR) is 100 cm³/mol. The molecular weight excluding hydrogens is 264 g/mol. The topological polar surface area (TPSA) is 0 Å². The fourth-order valence-corrected chi connectivity index (χ4v) is 4.18. The molecule has 0 spiro atoms. The Morgan fingerprint density at radius 2 is 1.23 bits per heavy atom. The van der Waals surface area contributed by atoms with E-state index >= 15 is 0 Å². The van der Waals surface area contributed by atoms with Gasteiger partial charge >= 0.3 is 0 Å². The van der Waals surface area contributed by atoms with E-state index in [2.05, 4.69) is 65.0 Å². The van der Waals surface area contributed by atoms with E-state index < -0.39 is 0 Å². The first kappa shape index (κ1) is 19.3. The van der Waals surface area contributed by atoms with Gasteiger partial charge in [-0.05, 0) is 29.2 Å². The Balaban J connectivity index is 2.64. The molecule has 0 bridgehead atoms. The van der Waals surface area contributed by atoms with Gasteiger partial charge < -0.3 is 0 Å². The van der Waals surface area contributed by atoms with E-state index in [1.807, 2.05) is 0 Å². The molecule has 1 aromatic carbocycles. The van der Waals surface area contributed by atoms with Crippen molar-refractivity contribution in [3.05, 3.63) is 35.9 Å². The van der Waals surface area contributed by atoms with E-state index in [0.717, 1.165) is 0 Å². The smallest absolute Gasteiger partial charge is 0.000105 e. The number of benzene rings is 1. The summed E-state index contributed by atoms with van der Waals surface area (Å²) in [6.45, 7) is 11.9. The Bertz CT molecular complexity index is 366. The lowest BCUT2D eigenvalue weighted by Gasteiger charge is -2.42. The van der Waals surface area contributed by atoms with E-state index in [0.29, 0.717) is 17.3 Å². The SMILES string of the molecule is CCCCCCCCCC(c1ccccc1)(C(C)C)C(C)C. The summed E-state index contributed by atoms with van der Waals surface area (Å²) in [6.07, 6.45) is 11.1. The summed E-state index contributed by atoms with van der Waals surface area (Å²) >= 11 is 0.